The van der Waals surface area contributed by atoms with Gasteiger partial charge in [0.15, 0.2) is 0 Å². The summed E-state index contributed by atoms with van der Waals surface area (Å²) in [7, 11) is 1.08. The molecule has 42 heavy (non-hydrogen) atoms. The fourth-order valence-corrected chi connectivity index (χ4v) is 5.32. The first-order chi connectivity index (χ1) is 19.1. The average Bonchev–Trinajstić information content (AvgIpc) is 3.62. The van der Waals surface area contributed by atoms with Crippen molar-refractivity contribution in [3.8, 4) is 0 Å². The largest absolute Gasteiger partial charge is 0.417 e. The Balaban J connectivity index is 1.97. The minimum absolute atomic E-state index is 0.0652. The summed E-state index contributed by atoms with van der Waals surface area (Å²) >= 11 is 27.6. The minimum Gasteiger partial charge on any atom is -0.364 e. The molecule has 3 rings (SSSR count). The number of halogens is 13. The molecule has 0 amide bonds. The van der Waals surface area contributed by atoms with Gasteiger partial charge in [-0.1, -0.05) is 71.4 Å². The molecule has 1 atom stereocenters. The molecule has 0 spiro atoms. The summed E-state index contributed by atoms with van der Waals surface area (Å²) in [5, 5.41) is 1.63. The molecule has 2 aromatic rings. The van der Waals surface area contributed by atoms with Crippen LogP contribution >= 0.6 is 59.2 Å². The first kappa shape index (κ1) is 34.6. The standard InChI is InChI=1S/C25H17Cl3F10N2S2/c1-40(10-23(30,31)32)21(42)22(4-5-22)39-20(41)13-3-2-11(6-15(13)25(36,37)38)18(29)9-14(24(33,34)35)12-7-16(26)19(28)17(27)8-12/h2-3,6-9,14H,4-5,10H2,1H3,(H,39,41)/b18-9-. The van der Waals surface area contributed by atoms with Gasteiger partial charge in [-0.05, 0) is 42.7 Å². The Labute approximate surface area is 258 Å². The Morgan fingerprint density at radius 1 is 0.976 bits per heavy atom. The van der Waals surface area contributed by atoms with E-state index >= 15 is 4.39 Å². The van der Waals surface area contributed by atoms with Crippen LogP contribution < -0.4 is 5.32 Å². The van der Waals surface area contributed by atoms with Crippen LogP contribution in [0.25, 0.3) is 5.83 Å². The Morgan fingerprint density at radius 3 is 1.98 bits per heavy atom. The van der Waals surface area contributed by atoms with Crippen molar-refractivity contribution in [1.29, 1.82) is 0 Å². The highest BCUT2D eigenvalue weighted by atomic mass is 35.5. The lowest BCUT2D eigenvalue weighted by atomic mass is 9.95. The van der Waals surface area contributed by atoms with Crippen LogP contribution in [0.3, 0.4) is 0 Å². The van der Waals surface area contributed by atoms with Crippen molar-refractivity contribution < 1.29 is 43.9 Å². The van der Waals surface area contributed by atoms with Gasteiger partial charge in [-0.2, -0.15) is 39.5 Å². The van der Waals surface area contributed by atoms with Crippen molar-refractivity contribution in [3.63, 3.8) is 0 Å². The van der Waals surface area contributed by atoms with Gasteiger partial charge in [-0.15, -0.1) is 0 Å². The van der Waals surface area contributed by atoms with Crippen LogP contribution in [0.4, 0.5) is 43.9 Å². The molecule has 2 nitrogen and oxygen atoms in total. The number of hydrogen-bond acceptors (Lipinski definition) is 2. The normalized spacial score (nSPS) is 16.2. The lowest BCUT2D eigenvalue weighted by Gasteiger charge is -2.29. The quantitative estimate of drug-likeness (QED) is 0.175. The first-order valence-electron chi connectivity index (χ1n) is 11.5. The Bertz CT molecular complexity index is 1390. The number of thiocarbonyl (C=S) groups is 2. The lowest BCUT2D eigenvalue weighted by molar-refractivity contribution is -0.140. The second-order valence-electron chi connectivity index (χ2n) is 9.40. The summed E-state index contributed by atoms with van der Waals surface area (Å²) in [6.07, 6.45) is -14.4. The molecule has 0 bridgehead atoms. The third-order valence-corrected chi connectivity index (χ3v) is 8.37. The number of alkyl halides is 9. The van der Waals surface area contributed by atoms with Crippen molar-refractivity contribution in [2.45, 2.75) is 42.8 Å². The van der Waals surface area contributed by atoms with Crippen molar-refractivity contribution in [2.24, 2.45) is 0 Å². The van der Waals surface area contributed by atoms with Crippen molar-refractivity contribution in [1.82, 2.24) is 10.2 Å². The molecule has 0 saturated heterocycles. The molecule has 0 aliphatic heterocycles. The van der Waals surface area contributed by atoms with Gasteiger partial charge < -0.3 is 10.2 Å². The third kappa shape index (κ3) is 8.19. The van der Waals surface area contributed by atoms with E-state index in [4.69, 9.17) is 59.2 Å². The molecular weight excluding hydrogens is 689 g/mol. The molecular formula is C25H17Cl3F10N2S2. The smallest absolute Gasteiger partial charge is 0.364 e. The van der Waals surface area contributed by atoms with Gasteiger partial charge >= 0.3 is 18.5 Å². The van der Waals surface area contributed by atoms with Crippen LogP contribution in [0.1, 0.15) is 41.0 Å². The molecule has 230 valence electrons. The van der Waals surface area contributed by atoms with Gasteiger partial charge in [0.1, 0.15) is 28.3 Å². The molecule has 0 heterocycles. The van der Waals surface area contributed by atoms with E-state index < -0.39 is 69.6 Å². The SMILES string of the molecule is CN(CC(F)(F)F)C(=S)C1(NC(=S)c2ccc(/C(F)=C/C(c3cc(Cl)c(Cl)c(Cl)c3)C(F)(F)F)cc2C(F)(F)F)CC1. The lowest BCUT2D eigenvalue weighted by Crippen LogP contribution is -2.50. The third-order valence-electron chi connectivity index (χ3n) is 6.15. The highest BCUT2D eigenvalue weighted by Gasteiger charge is 2.50. The summed E-state index contributed by atoms with van der Waals surface area (Å²) in [4.78, 5) is -0.0386. The number of nitrogens with one attached hydrogen (secondary N) is 1. The van der Waals surface area contributed by atoms with E-state index in [9.17, 15) is 39.5 Å². The van der Waals surface area contributed by atoms with E-state index in [1.54, 1.807) is 0 Å². The van der Waals surface area contributed by atoms with Gasteiger partial charge in [0.05, 0.1) is 26.2 Å². The summed E-state index contributed by atoms with van der Waals surface area (Å²) in [6, 6.07) is 3.41. The average molecular weight is 706 g/mol. The number of allylic oxidation sites excluding steroid dienone is 1. The number of hydrogen-bond donors (Lipinski definition) is 1. The van der Waals surface area contributed by atoms with Gasteiger partial charge in [0, 0.05) is 18.2 Å². The zero-order valence-corrected chi connectivity index (χ0v) is 24.7. The van der Waals surface area contributed by atoms with Crippen LogP contribution in [-0.2, 0) is 6.18 Å². The highest BCUT2D eigenvalue weighted by Crippen LogP contribution is 2.43. The molecule has 1 aliphatic rings. The maximum Gasteiger partial charge on any atom is 0.417 e. The topological polar surface area (TPSA) is 15.3 Å². The summed E-state index contributed by atoms with van der Waals surface area (Å²) < 4.78 is 137. The fourth-order valence-electron chi connectivity index (χ4n) is 4.01. The molecule has 2 aromatic carbocycles. The van der Waals surface area contributed by atoms with Crippen LogP contribution in [0.2, 0.25) is 15.1 Å². The summed E-state index contributed by atoms with van der Waals surface area (Å²) in [6.45, 7) is -1.40. The van der Waals surface area contributed by atoms with Crippen molar-refractivity contribution in [2.75, 3.05) is 13.6 Å². The molecule has 1 N–H and O–H groups in total. The fraction of sp³-hybridized carbons (Fsp3) is 0.360. The molecule has 0 radical (unpaired) electrons. The van der Waals surface area contributed by atoms with E-state index in [0.29, 0.717) is 0 Å². The van der Waals surface area contributed by atoms with Crippen molar-refractivity contribution in [3.05, 3.63) is 73.7 Å². The van der Waals surface area contributed by atoms with E-state index in [1.807, 2.05) is 0 Å². The monoisotopic (exact) mass is 704 g/mol. The molecule has 1 unspecified atom stereocenters. The van der Waals surface area contributed by atoms with Crippen LogP contribution in [0, 0.1) is 0 Å². The van der Waals surface area contributed by atoms with Gasteiger partial charge in [0.25, 0.3) is 0 Å². The van der Waals surface area contributed by atoms with Crippen LogP contribution in [0.5, 0.6) is 0 Å². The molecule has 1 aliphatic carbocycles. The van der Waals surface area contributed by atoms with Crippen LogP contribution in [-0.4, -0.2) is 46.4 Å². The zero-order valence-electron chi connectivity index (χ0n) is 20.8. The second kappa shape index (κ2) is 12.3. The minimum atomic E-state index is -5.15. The van der Waals surface area contributed by atoms with Gasteiger partial charge in [-0.25, -0.2) is 4.39 Å². The summed E-state index contributed by atoms with van der Waals surface area (Å²) in [5.41, 5.74) is -4.94. The Kier molecular flexibility index (Phi) is 10.1. The predicted octanol–water partition coefficient (Wildman–Crippen LogP) is 9.94. The molecule has 1 fully saturated rings. The highest BCUT2D eigenvalue weighted by molar-refractivity contribution is 7.81. The maximum atomic E-state index is 15.1. The van der Waals surface area contributed by atoms with Crippen LogP contribution in [0.15, 0.2) is 36.4 Å². The first-order valence-corrected chi connectivity index (χ1v) is 13.5. The molecule has 1 saturated carbocycles. The van der Waals surface area contributed by atoms with E-state index in [-0.39, 0.29) is 45.0 Å². The molecule has 17 heteroatoms. The Morgan fingerprint density at radius 2 is 1.52 bits per heavy atom. The van der Waals surface area contributed by atoms with Gasteiger partial charge in [-0.3, -0.25) is 0 Å². The second-order valence-corrected chi connectivity index (χ2v) is 11.4. The van der Waals surface area contributed by atoms with E-state index in [1.165, 1.54) is 0 Å². The Hall–Kier alpha value is -1.87. The predicted molar refractivity (Wildman–Crippen MR) is 149 cm³/mol. The van der Waals surface area contributed by atoms with Crippen molar-refractivity contribution >= 4 is 75.0 Å². The maximum absolute atomic E-state index is 15.1. The number of rotatable bonds is 7. The summed E-state index contributed by atoms with van der Waals surface area (Å²) in [5.74, 6) is -4.31. The van der Waals surface area contributed by atoms with E-state index in [0.717, 1.165) is 36.2 Å². The number of benzene rings is 2. The number of nitrogens with zero attached hydrogens (tertiary/aromatic N) is 1. The zero-order chi connectivity index (χ0) is 32.0. The molecule has 0 aromatic heterocycles. The van der Waals surface area contributed by atoms with Gasteiger partial charge in [0.2, 0.25) is 0 Å². The van der Waals surface area contributed by atoms with E-state index in [2.05, 4.69) is 5.32 Å². The number of likely N-dealkylation sites (N-methyl/N-ethyl adjacent to an activating group) is 1.